The highest BCUT2D eigenvalue weighted by atomic mass is 32.2. The second kappa shape index (κ2) is 4.40. The van der Waals surface area contributed by atoms with Crippen molar-refractivity contribution < 1.29 is 12.8 Å². The van der Waals surface area contributed by atoms with E-state index in [9.17, 15) is 8.42 Å². The zero-order valence-electron chi connectivity index (χ0n) is 8.66. The molecule has 0 aromatic carbocycles. The molecule has 0 N–H and O–H groups in total. The lowest BCUT2D eigenvalue weighted by Crippen LogP contribution is -2.25. The van der Waals surface area contributed by atoms with Crippen LogP contribution in [0.2, 0.25) is 0 Å². The van der Waals surface area contributed by atoms with E-state index in [0.29, 0.717) is 9.97 Å². The van der Waals surface area contributed by atoms with Crippen molar-refractivity contribution in [2.75, 3.05) is 7.05 Å². The number of rotatable bonds is 4. The van der Waals surface area contributed by atoms with E-state index in [4.69, 9.17) is 4.42 Å². The molecule has 2 aromatic heterocycles. The number of hydrogen-bond acceptors (Lipinski definition) is 4. The van der Waals surface area contributed by atoms with Gasteiger partial charge in [-0.1, -0.05) is 6.07 Å². The third-order valence-corrected chi connectivity index (χ3v) is 5.29. The summed E-state index contributed by atoms with van der Waals surface area (Å²) in [6, 6.07) is 6.80. The first-order valence-corrected chi connectivity index (χ1v) is 6.95. The monoisotopic (exact) mass is 257 g/mol. The van der Waals surface area contributed by atoms with Gasteiger partial charge in [-0.3, -0.25) is 0 Å². The molecule has 0 aliphatic rings. The van der Waals surface area contributed by atoms with Gasteiger partial charge in [0, 0.05) is 7.05 Å². The standard InChI is InChI=1S/C10H11NO3S2/c1-11(8-9-4-2-6-14-9)16(12,13)10-5-3-7-15-10/h2-7H,8H2,1H3. The molecule has 0 spiro atoms. The van der Waals surface area contributed by atoms with Gasteiger partial charge in [-0.2, -0.15) is 4.31 Å². The lowest BCUT2D eigenvalue weighted by atomic mass is 10.4. The average Bonchev–Trinajstić information content (AvgIpc) is 2.89. The van der Waals surface area contributed by atoms with Crippen LogP contribution in [0.4, 0.5) is 0 Å². The fourth-order valence-electron chi connectivity index (χ4n) is 1.27. The summed E-state index contributed by atoms with van der Waals surface area (Å²) in [5.74, 6) is 0.627. The smallest absolute Gasteiger partial charge is 0.252 e. The molecule has 0 fully saturated rings. The quantitative estimate of drug-likeness (QED) is 0.843. The second-order valence-corrected chi connectivity index (χ2v) is 6.49. The van der Waals surface area contributed by atoms with Crippen molar-refractivity contribution >= 4 is 21.4 Å². The first kappa shape index (κ1) is 11.4. The molecule has 2 rings (SSSR count). The molecule has 0 aliphatic heterocycles. The van der Waals surface area contributed by atoms with Gasteiger partial charge in [-0.25, -0.2) is 8.42 Å². The van der Waals surface area contributed by atoms with E-state index in [0.717, 1.165) is 0 Å². The van der Waals surface area contributed by atoms with Gasteiger partial charge in [0.15, 0.2) is 0 Å². The van der Waals surface area contributed by atoms with Crippen molar-refractivity contribution in [1.82, 2.24) is 4.31 Å². The molecule has 16 heavy (non-hydrogen) atoms. The van der Waals surface area contributed by atoms with Crippen LogP contribution in [-0.2, 0) is 16.6 Å². The minimum Gasteiger partial charge on any atom is -0.468 e. The van der Waals surface area contributed by atoms with E-state index in [1.54, 1.807) is 29.6 Å². The molecular weight excluding hydrogens is 246 g/mol. The summed E-state index contributed by atoms with van der Waals surface area (Å²) >= 11 is 1.21. The van der Waals surface area contributed by atoms with Gasteiger partial charge in [0.1, 0.15) is 9.97 Å². The first-order valence-electron chi connectivity index (χ1n) is 4.63. The van der Waals surface area contributed by atoms with Crippen molar-refractivity contribution in [3.05, 3.63) is 41.7 Å². The molecule has 0 aliphatic carbocycles. The Hall–Kier alpha value is -1.11. The van der Waals surface area contributed by atoms with Crippen molar-refractivity contribution in [3.8, 4) is 0 Å². The number of furan rings is 1. The summed E-state index contributed by atoms with van der Waals surface area (Å²) < 4.78 is 30.8. The largest absolute Gasteiger partial charge is 0.468 e. The molecule has 86 valence electrons. The van der Waals surface area contributed by atoms with Crippen molar-refractivity contribution in [3.63, 3.8) is 0 Å². The predicted molar refractivity (Wildman–Crippen MR) is 61.7 cm³/mol. The summed E-state index contributed by atoms with van der Waals surface area (Å²) in [7, 11) is -1.84. The Bertz CT molecular complexity index is 529. The highest BCUT2D eigenvalue weighted by Gasteiger charge is 2.22. The van der Waals surface area contributed by atoms with Gasteiger partial charge in [0.05, 0.1) is 12.8 Å². The SMILES string of the molecule is CN(Cc1ccco1)S(=O)(=O)c1cccs1. The van der Waals surface area contributed by atoms with Crippen LogP contribution in [0.25, 0.3) is 0 Å². The number of hydrogen-bond donors (Lipinski definition) is 0. The zero-order chi connectivity index (χ0) is 11.6. The van der Waals surface area contributed by atoms with Crippen LogP contribution in [0.15, 0.2) is 44.5 Å². The van der Waals surface area contributed by atoms with Crippen LogP contribution in [0.1, 0.15) is 5.76 Å². The normalized spacial score (nSPS) is 12.1. The Kier molecular flexibility index (Phi) is 3.13. The molecule has 4 nitrogen and oxygen atoms in total. The molecule has 0 saturated heterocycles. The molecular formula is C10H11NO3S2. The number of sulfonamides is 1. The average molecular weight is 257 g/mol. The molecule has 0 amide bonds. The summed E-state index contributed by atoms with van der Waals surface area (Å²) in [6.45, 7) is 0.243. The molecule has 0 radical (unpaired) electrons. The Morgan fingerprint density at radius 1 is 1.38 bits per heavy atom. The van der Waals surface area contributed by atoms with Gasteiger partial charge >= 0.3 is 0 Å². The highest BCUT2D eigenvalue weighted by molar-refractivity contribution is 7.91. The van der Waals surface area contributed by atoms with E-state index in [2.05, 4.69) is 0 Å². The molecule has 2 aromatic rings. The minimum absolute atomic E-state index is 0.243. The van der Waals surface area contributed by atoms with E-state index < -0.39 is 10.0 Å². The fraction of sp³-hybridized carbons (Fsp3) is 0.200. The Morgan fingerprint density at radius 3 is 2.75 bits per heavy atom. The topological polar surface area (TPSA) is 50.5 Å². The third kappa shape index (κ3) is 2.18. The maximum atomic E-state index is 12.0. The van der Waals surface area contributed by atoms with E-state index in [1.807, 2.05) is 0 Å². The van der Waals surface area contributed by atoms with Crippen LogP contribution in [0.5, 0.6) is 0 Å². The molecule has 0 atom stereocenters. The second-order valence-electron chi connectivity index (χ2n) is 3.27. The van der Waals surface area contributed by atoms with Gasteiger partial charge in [-0.05, 0) is 23.6 Å². The Morgan fingerprint density at radius 2 is 2.19 bits per heavy atom. The van der Waals surface area contributed by atoms with E-state index in [1.165, 1.54) is 29.0 Å². The minimum atomic E-state index is -3.38. The van der Waals surface area contributed by atoms with Gasteiger partial charge < -0.3 is 4.42 Å². The van der Waals surface area contributed by atoms with Crippen LogP contribution in [-0.4, -0.2) is 19.8 Å². The van der Waals surface area contributed by atoms with Crippen molar-refractivity contribution in [1.29, 1.82) is 0 Å². The number of nitrogens with zero attached hydrogens (tertiary/aromatic N) is 1. The van der Waals surface area contributed by atoms with Gasteiger partial charge in [0.25, 0.3) is 10.0 Å². The molecule has 0 saturated carbocycles. The maximum Gasteiger partial charge on any atom is 0.252 e. The summed E-state index contributed by atoms with van der Waals surface area (Å²) in [5.41, 5.74) is 0. The van der Waals surface area contributed by atoms with E-state index in [-0.39, 0.29) is 6.54 Å². The summed E-state index contributed by atoms with van der Waals surface area (Å²) in [6.07, 6.45) is 1.53. The van der Waals surface area contributed by atoms with Gasteiger partial charge in [-0.15, -0.1) is 11.3 Å². The lowest BCUT2D eigenvalue weighted by molar-refractivity contribution is 0.407. The van der Waals surface area contributed by atoms with E-state index >= 15 is 0 Å². The highest BCUT2D eigenvalue weighted by Crippen LogP contribution is 2.21. The predicted octanol–water partition coefficient (Wildman–Crippen LogP) is 2.16. The third-order valence-electron chi connectivity index (χ3n) is 2.12. The van der Waals surface area contributed by atoms with Gasteiger partial charge in [0.2, 0.25) is 0 Å². The van der Waals surface area contributed by atoms with Crippen LogP contribution >= 0.6 is 11.3 Å². The van der Waals surface area contributed by atoms with Crippen LogP contribution in [0.3, 0.4) is 0 Å². The van der Waals surface area contributed by atoms with Crippen molar-refractivity contribution in [2.45, 2.75) is 10.8 Å². The fourth-order valence-corrected chi connectivity index (χ4v) is 3.61. The first-order chi connectivity index (χ1) is 7.60. The lowest BCUT2D eigenvalue weighted by Gasteiger charge is -2.14. The zero-order valence-corrected chi connectivity index (χ0v) is 10.3. The molecule has 0 unspecified atom stereocenters. The molecule has 6 heteroatoms. The summed E-state index contributed by atoms with van der Waals surface area (Å²) in [4.78, 5) is 0. The van der Waals surface area contributed by atoms with Crippen LogP contribution < -0.4 is 0 Å². The summed E-state index contributed by atoms with van der Waals surface area (Å²) in [5, 5.41) is 1.74. The number of thiophene rings is 1. The van der Waals surface area contributed by atoms with Crippen LogP contribution in [0, 0.1) is 0 Å². The Balaban J connectivity index is 2.19. The Labute approximate surface area is 98.2 Å². The molecule has 0 bridgehead atoms. The maximum absolute atomic E-state index is 12.0. The molecule has 2 heterocycles. The van der Waals surface area contributed by atoms with Crippen molar-refractivity contribution in [2.24, 2.45) is 0 Å².